The number of likely N-dealkylation sites (N-methyl/N-ethyl adjacent to an activating group) is 1. The molecule has 1 unspecified atom stereocenters. The summed E-state index contributed by atoms with van der Waals surface area (Å²) in [6, 6.07) is 6.49. The average Bonchev–Trinajstić information content (AvgIpc) is 2.52. The molecule has 1 atom stereocenters. The van der Waals surface area contributed by atoms with Crippen LogP contribution >= 0.6 is 0 Å². The summed E-state index contributed by atoms with van der Waals surface area (Å²) in [5.74, 6) is 1.58. The van der Waals surface area contributed by atoms with E-state index in [9.17, 15) is 0 Å². The van der Waals surface area contributed by atoms with E-state index in [1.54, 1.807) is 14.2 Å². The molecule has 1 N–H and O–H groups in total. The van der Waals surface area contributed by atoms with Crippen molar-refractivity contribution in [3.8, 4) is 11.5 Å². The summed E-state index contributed by atoms with van der Waals surface area (Å²) in [5.41, 5.74) is 2.75. The van der Waals surface area contributed by atoms with E-state index in [1.807, 2.05) is 6.07 Å². The Labute approximate surface area is 122 Å². The summed E-state index contributed by atoms with van der Waals surface area (Å²) in [6.45, 7) is 3.10. The van der Waals surface area contributed by atoms with E-state index >= 15 is 0 Å². The maximum absolute atomic E-state index is 5.42. The summed E-state index contributed by atoms with van der Waals surface area (Å²) < 4.78 is 10.7. The zero-order chi connectivity index (χ0) is 14.4. The summed E-state index contributed by atoms with van der Waals surface area (Å²) in [6.07, 6.45) is 7.39. The van der Waals surface area contributed by atoms with Gasteiger partial charge in [-0.05, 0) is 49.9 Å². The van der Waals surface area contributed by atoms with Crippen LogP contribution in [0.15, 0.2) is 29.8 Å². The first kappa shape index (κ1) is 14.9. The third kappa shape index (κ3) is 3.34. The largest absolute Gasteiger partial charge is 0.493 e. The quantitative estimate of drug-likeness (QED) is 0.800. The average molecular weight is 275 g/mol. The molecule has 3 heteroatoms. The van der Waals surface area contributed by atoms with Gasteiger partial charge >= 0.3 is 0 Å². The lowest BCUT2D eigenvalue weighted by Gasteiger charge is -2.25. The molecule has 1 aliphatic carbocycles. The lowest BCUT2D eigenvalue weighted by Crippen LogP contribution is -2.23. The topological polar surface area (TPSA) is 30.5 Å². The van der Waals surface area contributed by atoms with E-state index in [-0.39, 0.29) is 0 Å². The van der Waals surface area contributed by atoms with Crippen LogP contribution in [0, 0.1) is 0 Å². The standard InChI is InChI=1S/C17H25NO2/c1-4-18-17(13-8-6-5-7-9-13)14-10-11-15(19-2)16(12-14)20-3/h8,10-12,17-18H,4-7,9H2,1-3H3. The van der Waals surface area contributed by atoms with Crippen molar-refractivity contribution in [2.75, 3.05) is 20.8 Å². The Hall–Kier alpha value is -1.48. The fourth-order valence-corrected chi connectivity index (χ4v) is 2.82. The molecule has 0 fully saturated rings. The van der Waals surface area contributed by atoms with E-state index in [4.69, 9.17) is 9.47 Å². The van der Waals surface area contributed by atoms with E-state index in [0.717, 1.165) is 18.0 Å². The molecule has 0 saturated carbocycles. The van der Waals surface area contributed by atoms with Gasteiger partial charge in [-0.1, -0.05) is 24.6 Å². The van der Waals surface area contributed by atoms with Crippen molar-refractivity contribution in [2.45, 2.75) is 38.6 Å². The Morgan fingerprint density at radius 2 is 1.95 bits per heavy atom. The predicted octanol–water partition coefficient (Wildman–Crippen LogP) is 3.85. The van der Waals surface area contributed by atoms with Crippen molar-refractivity contribution in [2.24, 2.45) is 0 Å². The number of nitrogens with one attached hydrogen (secondary N) is 1. The zero-order valence-corrected chi connectivity index (χ0v) is 12.7. The Balaban J connectivity index is 2.31. The molecule has 0 aliphatic heterocycles. The van der Waals surface area contributed by atoms with E-state index in [2.05, 4.69) is 30.4 Å². The molecule has 0 bridgehead atoms. The summed E-state index contributed by atoms with van der Waals surface area (Å²) in [5, 5.41) is 3.59. The van der Waals surface area contributed by atoms with Gasteiger partial charge in [0.15, 0.2) is 11.5 Å². The van der Waals surface area contributed by atoms with Gasteiger partial charge in [0.25, 0.3) is 0 Å². The minimum absolute atomic E-state index is 0.292. The molecule has 0 aromatic heterocycles. The van der Waals surface area contributed by atoms with Crippen LogP contribution in [0.3, 0.4) is 0 Å². The fraction of sp³-hybridized carbons (Fsp3) is 0.529. The van der Waals surface area contributed by atoms with Gasteiger partial charge in [0.2, 0.25) is 0 Å². The summed E-state index contributed by atoms with van der Waals surface area (Å²) in [7, 11) is 3.35. The van der Waals surface area contributed by atoms with Crippen molar-refractivity contribution in [1.29, 1.82) is 0 Å². The third-order valence-corrected chi connectivity index (χ3v) is 3.85. The van der Waals surface area contributed by atoms with E-state index in [1.165, 1.54) is 36.8 Å². The molecule has 2 rings (SSSR count). The monoisotopic (exact) mass is 275 g/mol. The SMILES string of the molecule is CCNC(C1=CCCCC1)c1ccc(OC)c(OC)c1. The molecule has 110 valence electrons. The second kappa shape index (κ2) is 7.34. The number of methoxy groups -OCH3 is 2. The van der Waals surface area contributed by atoms with Crippen molar-refractivity contribution in [1.82, 2.24) is 5.32 Å². The van der Waals surface area contributed by atoms with Crippen LogP contribution in [-0.4, -0.2) is 20.8 Å². The van der Waals surface area contributed by atoms with Crippen molar-refractivity contribution in [3.63, 3.8) is 0 Å². The summed E-state index contributed by atoms with van der Waals surface area (Å²) in [4.78, 5) is 0. The molecule has 0 spiro atoms. The van der Waals surface area contributed by atoms with Crippen molar-refractivity contribution in [3.05, 3.63) is 35.4 Å². The van der Waals surface area contributed by atoms with Crippen molar-refractivity contribution < 1.29 is 9.47 Å². The lowest BCUT2D eigenvalue weighted by molar-refractivity contribution is 0.354. The maximum Gasteiger partial charge on any atom is 0.161 e. The molecule has 1 aromatic rings. The zero-order valence-electron chi connectivity index (χ0n) is 12.7. The normalized spacial score (nSPS) is 16.4. The van der Waals surface area contributed by atoms with Crippen LogP contribution in [0.2, 0.25) is 0 Å². The molecule has 1 aromatic carbocycles. The van der Waals surface area contributed by atoms with Gasteiger partial charge in [0, 0.05) is 0 Å². The van der Waals surface area contributed by atoms with Crippen LogP contribution in [0.5, 0.6) is 11.5 Å². The second-order valence-electron chi connectivity index (χ2n) is 5.13. The van der Waals surface area contributed by atoms with Crippen LogP contribution in [0.25, 0.3) is 0 Å². The van der Waals surface area contributed by atoms with Crippen LogP contribution in [0.1, 0.15) is 44.2 Å². The lowest BCUT2D eigenvalue weighted by atomic mass is 9.89. The van der Waals surface area contributed by atoms with Gasteiger partial charge in [-0.25, -0.2) is 0 Å². The second-order valence-corrected chi connectivity index (χ2v) is 5.13. The molecule has 20 heavy (non-hydrogen) atoms. The molecule has 3 nitrogen and oxygen atoms in total. The highest BCUT2D eigenvalue weighted by molar-refractivity contribution is 5.45. The Kier molecular flexibility index (Phi) is 5.48. The maximum atomic E-state index is 5.42. The molecular weight excluding hydrogens is 250 g/mol. The fourth-order valence-electron chi connectivity index (χ4n) is 2.82. The van der Waals surface area contributed by atoms with Crippen LogP contribution < -0.4 is 14.8 Å². The molecular formula is C17H25NO2. The highest BCUT2D eigenvalue weighted by Crippen LogP contribution is 2.35. The van der Waals surface area contributed by atoms with Gasteiger partial charge in [-0.3, -0.25) is 0 Å². The minimum atomic E-state index is 0.292. The first-order valence-corrected chi connectivity index (χ1v) is 7.44. The number of ether oxygens (including phenoxy) is 2. The summed E-state index contributed by atoms with van der Waals surface area (Å²) >= 11 is 0. The van der Waals surface area contributed by atoms with Crippen LogP contribution in [-0.2, 0) is 0 Å². The minimum Gasteiger partial charge on any atom is -0.493 e. The Bertz CT molecular complexity index is 468. The van der Waals surface area contributed by atoms with Gasteiger partial charge in [0.1, 0.15) is 0 Å². The first-order chi connectivity index (χ1) is 9.80. The van der Waals surface area contributed by atoms with Gasteiger partial charge in [-0.2, -0.15) is 0 Å². The molecule has 0 saturated heterocycles. The highest BCUT2D eigenvalue weighted by Gasteiger charge is 2.18. The van der Waals surface area contributed by atoms with E-state index < -0.39 is 0 Å². The Morgan fingerprint density at radius 3 is 2.55 bits per heavy atom. The highest BCUT2D eigenvalue weighted by atomic mass is 16.5. The van der Waals surface area contributed by atoms with Crippen LogP contribution in [0.4, 0.5) is 0 Å². The molecule has 0 radical (unpaired) electrons. The predicted molar refractivity (Wildman–Crippen MR) is 82.5 cm³/mol. The third-order valence-electron chi connectivity index (χ3n) is 3.85. The van der Waals surface area contributed by atoms with Gasteiger partial charge in [0.05, 0.1) is 20.3 Å². The smallest absolute Gasteiger partial charge is 0.161 e. The number of hydrogen-bond donors (Lipinski definition) is 1. The van der Waals surface area contributed by atoms with Gasteiger partial charge in [-0.15, -0.1) is 0 Å². The number of allylic oxidation sites excluding steroid dienone is 1. The first-order valence-electron chi connectivity index (χ1n) is 7.44. The molecule has 0 heterocycles. The van der Waals surface area contributed by atoms with E-state index in [0.29, 0.717) is 6.04 Å². The number of rotatable bonds is 6. The molecule has 0 amide bonds. The number of hydrogen-bond acceptors (Lipinski definition) is 3. The van der Waals surface area contributed by atoms with Crippen molar-refractivity contribution >= 4 is 0 Å². The Morgan fingerprint density at radius 1 is 1.15 bits per heavy atom. The number of benzene rings is 1. The molecule has 1 aliphatic rings. The van der Waals surface area contributed by atoms with Gasteiger partial charge < -0.3 is 14.8 Å².